The first kappa shape index (κ1) is 13.8. The summed E-state index contributed by atoms with van der Waals surface area (Å²) in [4.78, 5) is 4.35. The molecule has 0 bridgehead atoms. The van der Waals surface area contributed by atoms with Gasteiger partial charge in [0.2, 0.25) is 0 Å². The van der Waals surface area contributed by atoms with Crippen LogP contribution in [-0.2, 0) is 7.05 Å². The third-order valence-corrected chi connectivity index (χ3v) is 3.12. The van der Waals surface area contributed by atoms with Gasteiger partial charge in [-0.15, -0.1) is 0 Å². The predicted molar refractivity (Wildman–Crippen MR) is 72.7 cm³/mol. The van der Waals surface area contributed by atoms with Crippen molar-refractivity contribution in [1.82, 2.24) is 14.9 Å². The van der Waals surface area contributed by atoms with Crippen LogP contribution in [0.25, 0.3) is 0 Å². The third kappa shape index (κ3) is 3.45. The SMILES string of the molecule is CCCC(O)CNC(c1ccco1)c1nccn1C. The van der Waals surface area contributed by atoms with E-state index in [1.807, 2.05) is 29.9 Å². The van der Waals surface area contributed by atoms with Gasteiger partial charge in [-0.25, -0.2) is 4.98 Å². The van der Waals surface area contributed by atoms with E-state index in [0.29, 0.717) is 6.54 Å². The number of furan rings is 1. The fourth-order valence-electron chi connectivity index (χ4n) is 2.12. The molecule has 0 amide bonds. The first-order valence-electron chi connectivity index (χ1n) is 6.64. The van der Waals surface area contributed by atoms with Crippen molar-refractivity contribution in [2.24, 2.45) is 7.05 Å². The summed E-state index contributed by atoms with van der Waals surface area (Å²) < 4.78 is 7.42. The minimum absolute atomic E-state index is 0.137. The zero-order valence-corrected chi connectivity index (χ0v) is 11.4. The molecule has 0 aromatic carbocycles. The van der Waals surface area contributed by atoms with E-state index >= 15 is 0 Å². The Balaban J connectivity index is 2.10. The number of aliphatic hydroxyl groups excluding tert-OH is 1. The molecule has 104 valence electrons. The van der Waals surface area contributed by atoms with Gasteiger partial charge >= 0.3 is 0 Å². The van der Waals surface area contributed by atoms with Crippen LogP contribution in [-0.4, -0.2) is 27.3 Å². The standard InChI is InChI=1S/C14H21N3O2/c1-3-5-11(18)10-16-13(12-6-4-9-19-12)14-15-7-8-17(14)2/h4,6-9,11,13,16,18H,3,5,10H2,1-2H3. The number of nitrogens with one attached hydrogen (secondary N) is 1. The number of nitrogens with zero attached hydrogens (tertiary/aromatic N) is 2. The fourth-order valence-corrected chi connectivity index (χ4v) is 2.12. The highest BCUT2D eigenvalue weighted by Crippen LogP contribution is 2.20. The van der Waals surface area contributed by atoms with Crippen molar-refractivity contribution in [1.29, 1.82) is 0 Å². The number of aromatic nitrogens is 2. The van der Waals surface area contributed by atoms with E-state index in [2.05, 4.69) is 17.2 Å². The molecule has 0 aliphatic heterocycles. The highest BCUT2D eigenvalue weighted by Gasteiger charge is 2.21. The predicted octanol–water partition coefficient (Wildman–Crippen LogP) is 1.85. The molecule has 0 fully saturated rings. The third-order valence-electron chi connectivity index (χ3n) is 3.12. The lowest BCUT2D eigenvalue weighted by Crippen LogP contribution is -2.32. The number of aliphatic hydroxyl groups is 1. The minimum Gasteiger partial charge on any atom is -0.467 e. The topological polar surface area (TPSA) is 63.2 Å². The molecule has 2 atom stereocenters. The molecule has 5 nitrogen and oxygen atoms in total. The number of hydrogen-bond donors (Lipinski definition) is 2. The molecule has 0 radical (unpaired) electrons. The number of rotatable bonds is 7. The molecule has 0 saturated heterocycles. The van der Waals surface area contributed by atoms with Gasteiger partial charge in [0.05, 0.1) is 12.4 Å². The van der Waals surface area contributed by atoms with Gasteiger partial charge in [0.15, 0.2) is 0 Å². The summed E-state index contributed by atoms with van der Waals surface area (Å²) in [5.41, 5.74) is 0. The molecule has 2 rings (SSSR count). The van der Waals surface area contributed by atoms with Crippen LogP contribution in [0.2, 0.25) is 0 Å². The lowest BCUT2D eigenvalue weighted by Gasteiger charge is -2.18. The summed E-state index contributed by atoms with van der Waals surface area (Å²) in [5, 5.41) is 13.2. The second kappa shape index (κ2) is 6.54. The van der Waals surface area contributed by atoms with E-state index in [1.165, 1.54) is 0 Å². The van der Waals surface area contributed by atoms with Crippen LogP contribution in [0.15, 0.2) is 35.2 Å². The fraction of sp³-hybridized carbons (Fsp3) is 0.500. The Labute approximate surface area is 113 Å². The second-order valence-corrected chi connectivity index (χ2v) is 4.70. The van der Waals surface area contributed by atoms with Gasteiger partial charge in [-0.2, -0.15) is 0 Å². The average molecular weight is 263 g/mol. The minimum atomic E-state index is -0.345. The molecule has 5 heteroatoms. The largest absolute Gasteiger partial charge is 0.467 e. The van der Waals surface area contributed by atoms with Crippen molar-refractivity contribution in [2.75, 3.05) is 6.54 Å². The molecule has 2 aromatic rings. The normalized spacial score (nSPS) is 14.5. The van der Waals surface area contributed by atoms with Gasteiger partial charge < -0.3 is 14.1 Å². The maximum absolute atomic E-state index is 9.84. The van der Waals surface area contributed by atoms with Crippen molar-refractivity contribution in [2.45, 2.75) is 31.9 Å². The lowest BCUT2D eigenvalue weighted by molar-refractivity contribution is 0.156. The monoisotopic (exact) mass is 263 g/mol. The Morgan fingerprint density at radius 1 is 1.53 bits per heavy atom. The summed E-state index contributed by atoms with van der Waals surface area (Å²) in [7, 11) is 1.95. The average Bonchev–Trinajstić information content (AvgIpc) is 3.03. The van der Waals surface area contributed by atoms with E-state index in [0.717, 1.165) is 24.4 Å². The first-order chi connectivity index (χ1) is 9.22. The van der Waals surface area contributed by atoms with E-state index in [-0.39, 0.29) is 12.1 Å². The zero-order valence-electron chi connectivity index (χ0n) is 11.4. The van der Waals surface area contributed by atoms with Crippen LogP contribution in [0.5, 0.6) is 0 Å². The zero-order chi connectivity index (χ0) is 13.7. The summed E-state index contributed by atoms with van der Waals surface area (Å²) in [6.07, 6.45) is 6.72. The Hall–Kier alpha value is -1.59. The lowest BCUT2D eigenvalue weighted by atomic mass is 10.1. The highest BCUT2D eigenvalue weighted by atomic mass is 16.3. The molecule has 0 aliphatic carbocycles. The van der Waals surface area contributed by atoms with Crippen molar-refractivity contribution < 1.29 is 9.52 Å². The number of imidazole rings is 1. The van der Waals surface area contributed by atoms with Crippen LogP contribution >= 0.6 is 0 Å². The van der Waals surface area contributed by atoms with Gasteiger partial charge in [-0.1, -0.05) is 13.3 Å². The van der Waals surface area contributed by atoms with Crippen LogP contribution in [0, 0.1) is 0 Å². The Morgan fingerprint density at radius 2 is 2.37 bits per heavy atom. The maximum atomic E-state index is 9.84. The molecule has 19 heavy (non-hydrogen) atoms. The summed E-state index contributed by atoms with van der Waals surface area (Å²) >= 11 is 0. The van der Waals surface area contributed by atoms with Crippen molar-refractivity contribution in [3.63, 3.8) is 0 Å². The molecular weight excluding hydrogens is 242 g/mol. The molecule has 2 N–H and O–H groups in total. The van der Waals surface area contributed by atoms with Crippen LogP contribution in [0.3, 0.4) is 0 Å². The van der Waals surface area contributed by atoms with Gasteiger partial charge in [0, 0.05) is 26.0 Å². The van der Waals surface area contributed by atoms with Gasteiger partial charge in [-0.3, -0.25) is 5.32 Å². The maximum Gasteiger partial charge on any atom is 0.133 e. The first-order valence-corrected chi connectivity index (χ1v) is 6.64. The van der Waals surface area contributed by atoms with Gasteiger partial charge in [0.25, 0.3) is 0 Å². The molecule has 0 aliphatic rings. The summed E-state index contributed by atoms with van der Waals surface area (Å²) in [5.74, 6) is 1.68. The van der Waals surface area contributed by atoms with Gasteiger partial charge in [0.1, 0.15) is 17.6 Å². The molecule has 2 heterocycles. The number of hydrogen-bond acceptors (Lipinski definition) is 4. The van der Waals surface area contributed by atoms with Crippen molar-refractivity contribution in [3.05, 3.63) is 42.4 Å². The van der Waals surface area contributed by atoms with E-state index < -0.39 is 0 Å². The smallest absolute Gasteiger partial charge is 0.133 e. The molecule has 2 unspecified atom stereocenters. The van der Waals surface area contributed by atoms with Crippen molar-refractivity contribution >= 4 is 0 Å². The Morgan fingerprint density at radius 3 is 2.95 bits per heavy atom. The van der Waals surface area contributed by atoms with Crippen molar-refractivity contribution in [3.8, 4) is 0 Å². The number of aryl methyl sites for hydroxylation is 1. The molecule has 0 spiro atoms. The van der Waals surface area contributed by atoms with Crippen LogP contribution in [0.4, 0.5) is 0 Å². The van der Waals surface area contributed by atoms with Gasteiger partial charge in [-0.05, 0) is 18.6 Å². The van der Waals surface area contributed by atoms with Crippen LogP contribution in [0.1, 0.15) is 37.4 Å². The van der Waals surface area contributed by atoms with E-state index in [4.69, 9.17) is 4.42 Å². The Bertz CT molecular complexity index is 479. The van der Waals surface area contributed by atoms with Crippen LogP contribution < -0.4 is 5.32 Å². The summed E-state index contributed by atoms with van der Waals surface area (Å²) in [6, 6.07) is 3.63. The van der Waals surface area contributed by atoms with E-state index in [1.54, 1.807) is 12.5 Å². The highest BCUT2D eigenvalue weighted by molar-refractivity contribution is 5.15. The quantitative estimate of drug-likeness (QED) is 0.800. The Kier molecular flexibility index (Phi) is 4.76. The summed E-state index contributed by atoms with van der Waals surface area (Å²) in [6.45, 7) is 2.58. The second-order valence-electron chi connectivity index (χ2n) is 4.70. The van der Waals surface area contributed by atoms with E-state index in [9.17, 15) is 5.11 Å². The molecular formula is C14H21N3O2. The molecule has 0 saturated carbocycles. The molecule has 2 aromatic heterocycles.